The quantitative estimate of drug-likeness (QED) is 0.739. The van der Waals surface area contributed by atoms with Gasteiger partial charge in [0.05, 0.1) is 11.4 Å². The first kappa shape index (κ1) is 18.0. The normalized spacial score (nSPS) is 14.2. The number of carbonyl (C=O) groups is 1. The second kappa shape index (κ2) is 8.12. The van der Waals surface area contributed by atoms with Gasteiger partial charge in [-0.2, -0.15) is 5.10 Å². The zero-order valence-electron chi connectivity index (χ0n) is 15.3. The van der Waals surface area contributed by atoms with Crippen molar-refractivity contribution in [3.63, 3.8) is 0 Å². The van der Waals surface area contributed by atoms with Crippen molar-refractivity contribution in [2.45, 2.75) is 6.61 Å². The maximum Gasteiger partial charge on any atom is 0.274 e. The lowest BCUT2D eigenvalue weighted by molar-refractivity contribution is 0.0740. The Kier molecular flexibility index (Phi) is 5.23. The molecule has 1 amide bonds. The molecule has 6 nitrogen and oxygen atoms in total. The summed E-state index contributed by atoms with van der Waals surface area (Å²) in [5.74, 6) is 0.391. The maximum absolute atomic E-state index is 13.9. The van der Waals surface area contributed by atoms with Crippen molar-refractivity contribution in [3.8, 4) is 5.75 Å². The highest BCUT2D eigenvalue weighted by atomic mass is 19.1. The Morgan fingerprint density at radius 1 is 1.04 bits per heavy atom. The summed E-state index contributed by atoms with van der Waals surface area (Å²) in [5.41, 5.74) is 1.68. The van der Waals surface area contributed by atoms with Crippen LogP contribution in [0.15, 0.2) is 60.7 Å². The van der Waals surface area contributed by atoms with Gasteiger partial charge in [0.15, 0.2) is 5.69 Å². The van der Waals surface area contributed by atoms with Gasteiger partial charge < -0.3 is 14.5 Å². The molecule has 2 aromatic carbocycles. The average molecular weight is 380 g/mol. The number of para-hydroxylation sites is 2. The number of nitrogens with zero attached hydrogens (tertiary/aromatic N) is 3. The number of aromatic nitrogens is 2. The minimum absolute atomic E-state index is 0.129. The number of hydrogen-bond donors (Lipinski definition) is 1. The van der Waals surface area contributed by atoms with E-state index in [1.807, 2.05) is 41.3 Å². The second-order valence-electron chi connectivity index (χ2n) is 6.61. The Bertz CT molecular complexity index is 936. The van der Waals surface area contributed by atoms with Crippen LogP contribution in [-0.2, 0) is 6.61 Å². The minimum atomic E-state index is -0.238. The van der Waals surface area contributed by atoms with E-state index in [9.17, 15) is 9.18 Å². The molecular formula is C21H21FN4O2. The molecule has 0 atom stereocenters. The number of anilines is 1. The van der Waals surface area contributed by atoms with Crippen LogP contribution >= 0.6 is 0 Å². The number of benzene rings is 2. The van der Waals surface area contributed by atoms with Crippen LogP contribution in [0.25, 0.3) is 0 Å². The third-order valence-electron chi connectivity index (χ3n) is 4.75. The van der Waals surface area contributed by atoms with Gasteiger partial charge in [-0.15, -0.1) is 0 Å². The van der Waals surface area contributed by atoms with Gasteiger partial charge in [-0.25, -0.2) is 4.39 Å². The monoisotopic (exact) mass is 380 g/mol. The minimum Gasteiger partial charge on any atom is -0.487 e. The molecule has 1 aromatic heterocycles. The van der Waals surface area contributed by atoms with Crippen molar-refractivity contribution in [3.05, 3.63) is 77.9 Å². The maximum atomic E-state index is 13.9. The van der Waals surface area contributed by atoms with E-state index in [0.717, 1.165) is 11.4 Å². The Hall–Kier alpha value is -3.35. The number of H-pyrrole nitrogens is 1. The van der Waals surface area contributed by atoms with Crippen molar-refractivity contribution in [1.82, 2.24) is 15.1 Å². The summed E-state index contributed by atoms with van der Waals surface area (Å²) in [7, 11) is 0. The molecule has 144 valence electrons. The predicted octanol–water partition coefficient (Wildman–Crippen LogP) is 3.09. The fourth-order valence-corrected chi connectivity index (χ4v) is 3.24. The lowest BCUT2D eigenvalue weighted by Gasteiger charge is -2.35. The highest BCUT2D eigenvalue weighted by Gasteiger charge is 2.25. The van der Waals surface area contributed by atoms with Gasteiger partial charge in [-0.3, -0.25) is 9.89 Å². The number of aromatic amines is 1. The molecule has 3 aromatic rings. The van der Waals surface area contributed by atoms with E-state index in [1.54, 1.807) is 23.1 Å². The van der Waals surface area contributed by atoms with E-state index in [2.05, 4.69) is 10.2 Å². The zero-order valence-corrected chi connectivity index (χ0v) is 15.3. The molecule has 4 rings (SSSR count). The summed E-state index contributed by atoms with van der Waals surface area (Å²) in [6, 6.07) is 17.9. The Labute approximate surface area is 162 Å². The summed E-state index contributed by atoms with van der Waals surface area (Å²) in [4.78, 5) is 16.4. The number of amides is 1. The summed E-state index contributed by atoms with van der Waals surface area (Å²) >= 11 is 0. The van der Waals surface area contributed by atoms with E-state index >= 15 is 0 Å². The molecule has 1 fully saturated rings. The average Bonchev–Trinajstić information content (AvgIpc) is 3.22. The fourth-order valence-electron chi connectivity index (χ4n) is 3.24. The predicted molar refractivity (Wildman–Crippen MR) is 104 cm³/mol. The lowest BCUT2D eigenvalue weighted by atomic mass is 10.2. The zero-order chi connectivity index (χ0) is 19.3. The number of piperazine rings is 1. The van der Waals surface area contributed by atoms with Crippen LogP contribution < -0.4 is 9.64 Å². The van der Waals surface area contributed by atoms with Crippen LogP contribution in [0.2, 0.25) is 0 Å². The standard InChI is InChI=1S/C21H21FN4O2/c22-18-8-4-5-9-20(18)25-10-12-26(13-11-25)21(27)19-14-16(23-24-19)15-28-17-6-2-1-3-7-17/h1-9,14H,10-13,15H2,(H,23,24). The lowest BCUT2D eigenvalue weighted by Crippen LogP contribution is -2.49. The van der Waals surface area contributed by atoms with Gasteiger partial charge in [0.25, 0.3) is 5.91 Å². The number of carbonyl (C=O) groups excluding carboxylic acids is 1. The van der Waals surface area contributed by atoms with Crippen LogP contribution in [0, 0.1) is 5.82 Å². The molecule has 0 aliphatic carbocycles. The number of halogens is 1. The molecule has 1 aliphatic rings. The van der Waals surface area contributed by atoms with Gasteiger partial charge >= 0.3 is 0 Å². The fraction of sp³-hybridized carbons (Fsp3) is 0.238. The SMILES string of the molecule is O=C(c1cc(COc2ccccc2)[nH]n1)N1CCN(c2ccccc2F)CC1. The van der Waals surface area contributed by atoms with Gasteiger partial charge in [0.2, 0.25) is 0 Å². The molecule has 2 heterocycles. The molecule has 1 saturated heterocycles. The van der Waals surface area contributed by atoms with Gasteiger partial charge in [0, 0.05) is 26.2 Å². The number of nitrogens with one attached hydrogen (secondary N) is 1. The Morgan fingerprint density at radius 2 is 1.75 bits per heavy atom. The topological polar surface area (TPSA) is 61.5 Å². The van der Waals surface area contributed by atoms with E-state index in [0.29, 0.717) is 44.2 Å². The molecule has 0 radical (unpaired) electrons. The summed E-state index contributed by atoms with van der Waals surface area (Å²) < 4.78 is 19.6. The first-order valence-corrected chi connectivity index (χ1v) is 9.21. The molecule has 1 aliphatic heterocycles. The summed E-state index contributed by atoms with van der Waals surface area (Å²) in [6.45, 7) is 2.53. The summed E-state index contributed by atoms with van der Waals surface area (Å²) in [5, 5.41) is 6.98. The van der Waals surface area contributed by atoms with Crippen molar-refractivity contribution in [1.29, 1.82) is 0 Å². The molecule has 0 unspecified atom stereocenters. The van der Waals surface area contributed by atoms with E-state index < -0.39 is 0 Å². The van der Waals surface area contributed by atoms with Crippen LogP contribution in [0.1, 0.15) is 16.2 Å². The van der Waals surface area contributed by atoms with Crippen molar-refractivity contribution >= 4 is 11.6 Å². The van der Waals surface area contributed by atoms with Crippen molar-refractivity contribution < 1.29 is 13.9 Å². The van der Waals surface area contributed by atoms with Crippen molar-refractivity contribution in [2.24, 2.45) is 0 Å². The first-order chi connectivity index (χ1) is 13.7. The smallest absolute Gasteiger partial charge is 0.274 e. The first-order valence-electron chi connectivity index (χ1n) is 9.21. The van der Waals surface area contributed by atoms with Gasteiger partial charge in [0.1, 0.15) is 18.2 Å². The van der Waals surface area contributed by atoms with E-state index in [-0.39, 0.29) is 11.7 Å². The molecule has 0 bridgehead atoms. The Balaban J connectivity index is 1.33. The number of ether oxygens (including phenoxy) is 1. The van der Waals surface area contributed by atoms with Crippen LogP contribution in [0.4, 0.5) is 10.1 Å². The van der Waals surface area contributed by atoms with Crippen LogP contribution in [0.5, 0.6) is 5.75 Å². The molecule has 28 heavy (non-hydrogen) atoms. The Morgan fingerprint density at radius 3 is 2.50 bits per heavy atom. The van der Waals surface area contributed by atoms with Gasteiger partial charge in [-0.05, 0) is 30.3 Å². The van der Waals surface area contributed by atoms with E-state index in [4.69, 9.17) is 4.74 Å². The van der Waals surface area contributed by atoms with Crippen LogP contribution in [-0.4, -0.2) is 47.2 Å². The van der Waals surface area contributed by atoms with Crippen LogP contribution in [0.3, 0.4) is 0 Å². The van der Waals surface area contributed by atoms with E-state index in [1.165, 1.54) is 6.07 Å². The summed E-state index contributed by atoms with van der Waals surface area (Å²) in [6.07, 6.45) is 0. The molecule has 7 heteroatoms. The largest absolute Gasteiger partial charge is 0.487 e. The molecule has 1 N–H and O–H groups in total. The van der Waals surface area contributed by atoms with Gasteiger partial charge in [-0.1, -0.05) is 30.3 Å². The second-order valence-corrected chi connectivity index (χ2v) is 6.61. The molecular weight excluding hydrogens is 359 g/mol. The van der Waals surface area contributed by atoms with Crippen molar-refractivity contribution in [2.75, 3.05) is 31.1 Å². The number of rotatable bonds is 5. The third-order valence-corrected chi connectivity index (χ3v) is 4.75. The highest BCUT2D eigenvalue weighted by Crippen LogP contribution is 2.20. The number of hydrogen-bond acceptors (Lipinski definition) is 4. The molecule has 0 saturated carbocycles. The third kappa shape index (κ3) is 3.98. The highest BCUT2D eigenvalue weighted by molar-refractivity contribution is 5.92. The molecule has 0 spiro atoms.